The maximum atomic E-state index is 11.0. The van der Waals surface area contributed by atoms with Crippen molar-refractivity contribution in [3.05, 3.63) is 72.9 Å². The van der Waals surface area contributed by atoms with Crippen LogP contribution in [0.1, 0.15) is 58.3 Å². The molecular formula is C24H34O2S. The topological polar surface area (TPSA) is 37.3 Å². The van der Waals surface area contributed by atoms with Crippen molar-refractivity contribution in [1.82, 2.24) is 0 Å². The Morgan fingerprint density at radius 2 is 1.07 bits per heavy atom. The van der Waals surface area contributed by atoms with Crippen LogP contribution in [0.5, 0.6) is 0 Å². The lowest BCUT2D eigenvalue weighted by Gasteiger charge is -2.04. The highest BCUT2D eigenvalue weighted by Crippen LogP contribution is 2.09. The van der Waals surface area contributed by atoms with Crippen LogP contribution in [0.3, 0.4) is 0 Å². The Hall–Kier alpha value is -2.00. The van der Waals surface area contributed by atoms with E-state index in [-0.39, 0.29) is 0 Å². The first-order valence-electron chi connectivity index (χ1n) is 9.78. The van der Waals surface area contributed by atoms with Crippen molar-refractivity contribution in [1.29, 1.82) is 0 Å². The molecule has 27 heavy (non-hydrogen) atoms. The van der Waals surface area contributed by atoms with E-state index in [1.54, 1.807) is 0 Å². The first-order chi connectivity index (χ1) is 13.2. The van der Waals surface area contributed by atoms with Gasteiger partial charge in [-0.15, -0.1) is 0 Å². The van der Waals surface area contributed by atoms with Gasteiger partial charge in [-0.3, -0.25) is 4.79 Å². The van der Waals surface area contributed by atoms with Crippen molar-refractivity contribution >= 4 is 23.6 Å². The monoisotopic (exact) mass is 386 g/mol. The average Bonchev–Trinajstić information content (AvgIpc) is 2.66. The summed E-state index contributed by atoms with van der Waals surface area (Å²) in [6.45, 7) is 2.15. The second kappa shape index (κ2) is 20.3. The standard InChI is InChI=1S/C24H34O2S/c1-2-3-4-5-6-7-8-9-10-11-12-13-14-15-16-17-18-19-20-23(21-22-27)24(25)26/h3-4,6-7,9-10,12-13,15-16,18-19,22-23H,2,5,8,11,14,17,20-21H2,1H3,(H,25,26)/b4-3-,7-6?,10-9?,13-12?,16-15?,19-18?. The molecule has 2 nitrogen and oxygen atoms in total. The number of allylic oxidation sites excluding steroid dienone is 12. The van der Waals surface area contributed by atoms with Crippen molar-refractivity contribution in [2.24, 2.45) is 5.92 Å². The van der Waals surface area contributed by atoms with Crippen molar-refractivity contribution in [3.8, 4) is 0 Å². The minimum atomic E-state index is -0.782. The fourth-order valence-corrected chi connectivity index (χ4v) is 2.43. The second-order valence-corrected chi connectivity index (χ2v) is 6.42. The lowest BCUT2D eigenvalue weighted by Crippen LogP contribution is -2.12. The molecular weight excluding hydrogens is 352 g/mol. The highest BCUT2D eigenvalue weighted by Gasteiger charge is 2.13. The third kappa shape index (κ3) is 18.6. The van der Waals surface area contributed by atoms with Gasteiger partial charge in [0.25, 0.3) is 0 Å². The largest absolute Gasteiger partial charge is 0.481 e. The lowest BCUT2D eigenvalue weighted by atomic mass is 10.0. The normalized spacial score (nSPS) is 14.0. The van der Waals surface area contributed by atoms with E-state index in [9.17, 15) is 4.79 Å². The molecule has 0 radical (unpaired) electrons. The van der Waals surface area contributed by atoms with Crippen molar-refractivity contribution < 1.29 is 9.90 Å². The van der Waals surface area contributed by atoms with Gasteiger partial charge in [0, 0.05) is 0 Å². The molecule has 0 saturated carbocycles. The van der Waals surface area contributed by atoms with Crippen LogP contribution in [0.4, 0.5) is 0 Å². The van der Waals surface area contributed by atoms with E-state index in [0.29, 0.717) is 12.8 Å². The molecule has 0 aromatic carbocycles. The van der Waals surface area contributed by atoms with Gasteiger partial charge in [-0.05, 0) is 56.7 Å². The van der Waals surface area contributed by atoms with E-state index in [4.69, 9.17) is 17.3 Å². The number of thiocarbonyl (C=S) groups is 1. The number of hydrogen-bond donors (Lipinski definition) is 1. The molecule has 3 heteroatoms. The third-order valence-corrected chi connectivity index (χ3v) is 3.94. The Bertz CT molecular complexity index is 551. The highest BCUT2D eigenvalue weighted by atomic mass is 32.1. The molecule has 1 N–H and O–H groups in total. The number of rotatable bonds is 16. The summed E-state index contributed by atoms with van der Waals surface area (Å²) < 4.78 is 0. The van der Waals surface area contributed by atoms with Gasteiger partial charge in [0.1, 0.15) is 0 Å². The smallest absolute Gasteiger partial charge is 0.307 e. The molecule has 0 aliphatic heterocycles. The fourth-order valence-electron chi connectivity index (χ4n) is 2.20. The maximum absolute atomic E-state index is 11.0. The minimum absolute atomic E-state index is 0.396. The Balaban J connectivity index is 3.71. The molecule has 0 aromatic rings. The number of carbonyl (C=O) groups is 1. The zero-order chi connectivity index (χ0) is 20.0. The molecule has 0 saturated heterocycles. The van der Waals surface area contributed by atoms with Crippen molar-refractivity contribution in [2.75, 3.05) is 0 Å². The predicted octanol–water partition coefficient (Wildman–Crippen LogP) is 7.16. The molecule has 1 atom stereocenters. The third-order valence-electron chi connectivity index (χ3n) is 3.75. The molecule has 1 unspecified atom stereocenters. The van der Waals surface area contributed by atoms with Crippen LogP contribution in [0.25, 0.3) is 0 Å². The van der Waals surface area contributed by atoms with Crippen LogP contribution in [0, 0.1) is 5.92 Å². The van der Waals surface area contributed by atoms with Crippen LogP contribution in [0.15, 0.2) is 72.9 Å². The quantitative estimate of drug-likeness (QED) is 0.226. The summed E-state index contributed by atoms with van der Waals surface area (Å²) in [5.41, 5.74) is 0. The average molecular weight is 387 g/mol. The summed E-state index contributed by atoms with van der Waals surface area (Å²) in [5.74, 6) is -1.18. The van der Waals surface area contributed by atoms with Crippen LogP contribution in [-0.2, 0) is 4.79 Å². The van der Waals surface area contributed by atoms with Gasteiger partial charge in [-0.25, -0.2) is 0 Å². The van der Waals surface area contributed by atoms with E-state index in [0.717, 1.165) is 38.5 Å². The fraction of sp³-hybridized carbons (Fsp3) is 0.417. The zero-order valence-electron chi connectivity index (χ0n) is 16.5. The van der Waals surface area contributed by atoms with Crippen LogP contribution in [-0.4, -0.2) is 16.4 Å². The number of aliphatic carboxylic acids is 1. The lowest BCUT2D eigenvalue weighted by molar-refractivity contribution is -0.141. The molecule has 0 rings (SSSR count). The molecule has 0 spiro atoms. The van der Waals surface area contributed by atoms with Gasteiger partial charge in [0.2, 0.25) is 0 Å². The minimum Gasteiger partial charge on any atom is -0.481 e. The summed E-state index contributed by atoms with van der Waals surface area (Å²) in [4.78, 5) is 11.0. The first-order valence-corrected chi connectivity index (χ1v) is 10.3. The van der Waals surface area contributed by atoms with Gasteiger partial charge in [0.05, 0.1) is 5.92 Å². The van der Waals surface area contributed by atoms with Gasteiger partial charge in [-0.2, -0.15) is 0 Å². The summed E-state index contributed by atoms with van der Waals surface area (Å²) >= 11 is 4.73. The first kappa shape index (κ1) is 25.0. The molecule has 0 aliphatic rings. The molecule has 0 aliphatic carbocycles. The summed E-state index contributed by atoms with van der Waals surface area (Å²) in [5, 5.41) is 10.5. The SMILES string of the molecule is CC/C=C\CC=CCC=CCC=CCC=CCC=CCC(CC=S)C(=O)O. The Morgan fingerprint density at radius 3 is 1.41 bits per heavy atom. The van der Waals surface area contributed by atoms with E-state index >= 15 is 0 Å². The van der Waals surface area contributed by atoms with E-state index in [1.165, 1.54) is 5.37 Å². The molecule has 0 aromatic heterocycles. The van der Waals surface area contributed by atoms with E-state index < -0.39 is 11.9 Å². The Kier molecular flexibility index (Phi) is 18.8. The summed E-state index contributed by atoms with van der Waals surface area (Å²) in [6, 6.07) is 0. The van der Waals surface area contributed by atoms with Gasteiger partial charge in [-0.1, -0.05) is 92.1 Å². The Morgan fingerprint density at radius 1 is 0.704 bits per heavy atom. The number of carboxylic acid groups (broad SMARTS) is 1. The summed E-state index contributed by atoms with van der Waals surface area (Å²) in [6.07, 6.45) is 32.5. The summed E-state index contributed by atoms with van der Waals surface area (Å²) in [7, 11) is 0. The second-order valence-electron chi connectivity index (χ2n) is 6.09. The van der Waals surface area contributed by atoms with Gasteiger partial charge < -0.3 is 5.11 Å². The van der Waals surface area contributed by atoms with Gasteiger partial charge in [0.15, 0.2) is 0 Å². The molecule has 0 bridgehead atoms. The van der Waals surface area contributed by atoms with Crippen molar-refractivity contribution in [3.63, 3.8) is 0 Å². The van der Waals surface area contributed by atoms with Gasteiger partial charge >= 0.3 is 5.97 Å². The highest BCUT2D eigenvalue weighted by molar-refractivity contribution is 7.78. The molecule has 0 amide bonds. The molecule has 0 heterocycles. The maximum Gasteiger partial charge on any atom is 0.307 e. The van der Waals surface area contributed by atoms with Crippen LogP contribution in [0.2, 0.25) is 0 Å². The van der Waals surface area contributed by atoms with Crippen LogP contribution >= 0.6 is 12.2 Å². The van der Waals surface area contributed by atoms with E-state index in [1.807, 2.05) is 12.2 Å². The van der Waals surface area contributed by atoms with Crippen LogP contribution < -0.4 is 0 Å². The Labute approximate surface area is 170 Å². The zero-order valence-corrected chi connectivity index (χ0v) is 17.3. The molecule has 148 valence electrons. The number of carboxylic acids is 1. The van der Waals surface area contributed by atoms with Crippen molar-refractivity contribution in [2.45, 2.75) is 58.3 Å². The predicted molar refractivity (Wildman–Crippen MR) is 122 cm³/mol. The van der Waals surface area contributed by atoms with E-state index in [2.05, 4.69) is 67.7 Å². The molecule has 0 fully saturated rings. The number of hydrogen-bond acceptors (Lipinski definition) is 2.